The molecule has 0 radical (unpaired) electrons. The molecule has 0 bridgehead atoms. The van der Waals surface area contributed by atoms with E-state index in [9.17, 15) is 9.59 Å². The van der Waals surface area contributed by atoms with Gasteiger partial charge in [-0.15, -0.1) is 0 Å². The number of ether oxygens (including phenoxy) is 3. The molecule has 194 valence electrons. The van der Waals surface area contributed by atoms with Gasteiger partial charge in [0.2, 0.25) is 5.91 Å². The fourth-order valence-corrected chi connectivity index (χ4v) is 5.29. The number of amidine groups is 1. The molecule has 8 nitrogen and oxygen atoms in total. The second kappa shape index (κ2) is 11.6. The summed E-state index contributed by atoms with van der Waals surface area (Å²) in [5.41, 5.74) is 3.10. The largest absolute Gasteiger partial charge is 0.497 e. The van der Waals surface area contributed by atoms with Crippen LogP contribution in [0.1, 0.15) is 44.4 Å². The number of thioether (sulfide) groups is 1. The van der Waals surface area contributed by atoms with Gasteiger partial charge in [0.25, 0.3) is 0 Å². The molecular formula is C28H31N3O5S. The van der Waals surface area contributed by atoms with Crippen molar-refractivity contribution in [3.63, 3.8) is 0 Å². The minimum absolute atomic E-state index is 0.00518. The number of carbonyl (C=O) groups excluding carboxylic acids is 2. The Morgan fingerprint density at radius 2 is 1.86 bits per heavy atom. The molecule has 4 rings (SSSR count). The van der Waals surface area contributed by atoms with E-state index in [1.165, 1.54) is 11.8 Å². The van der Waals surface area contributed by atoms with E-state index in [1.807, 2.05) is 66.6 Å². The normalized spacial score (nSPS) is 16.7. The number of aliphatic imine (C=N–C) groups is 1. The van der Waals surface area contributed by atoms with Gasteiger partial charge in [-0.2, -0.15) is 0 Å². The summed E-state index contributed by atoms with van der Waals surface area (Å²) in [7, 11) is 3.17. The number of fused-ring (bicyclic) bond motifs is 1. The van der Waals surface area contributed by atoms with Crippen LogP contribution >= 0.6 is 11.8 Å². The molecule has 2 aliphatic rings. The summed E-state index contributed by atoms with van der Waals surface area (Å²) in [6.45, 7) is 5.81. The van der Waals surface area contributed by atoms with Gasteiger partial charge in [0.15, 0.2) is 5.17 Å². The Hall–Kier alpha value is -3.72. The molecule has 0 unspecified atom stereocenters. The van der Waals surface area contributed by atoms with Crippen molar-refractivity contribution in [1.82, 2.24) is 10.2 Å². The van der Waals surface area contributed by atoms with Crippen molar-refractivity contribution in [2.75, 3.05) is 20.8 Å². The van der Waals surface area contributed by atoms with Gasteiger partial charge in [-0.25, -0.2) is 9.79 Å². The fraction of sp³-hybridized carbons (Fsp3) is 0.321. The number of hydrogen-bond donors (Lipinski definition) is 1. The molecule has 37 heavy (non-hydrogen) atoms. The Labute approximate surface area is 221 Å². The Bertz CT molecular complexity index is 1270. The highest BCUT2D eigenvalue weighted by Crippen LogP contribution is 2.49. The van der Waals surface area contributed by atoms with Gasteiger partial charge < -0.3 is 24.4 Å². The van der Waals surface area contributed by atoms with Crippen molar-refractivity contribution in [2.45, 2.75) is 39.3 Å². The number of rotatable bonds is 9. The number of nitrogens with zero attached hydrogens (tertiary/aromatic N) is 2. The Morgan fingerprint density at radius 3 is 2.51 bits per heavy atom. The van der Waals surface area contributed by atoms with E-state index in [4.69, 9.17) is 19.2 Å². The highest BCUT2D eigenvalue weighted by molar-refractivity contribution is 8.16. The topological polar surface area (TPSA) is 89.5 Å². The standard InChI is InChI=1S/C28H31N3O5S/c1-6-36-27(33)24-25(18-10-8-7-9-11-18)30-28-31(19(16-37-28)14-23(32)29-17(2)3)26(24)21-15-20(34-4)12-13-22(21)35-5/h7-13,15-17,26H,6,14H2,1-5H3,(H,29,32)/t26-/m1/s1. The van der Waals surface area contributed by atoms with E-state index in [2.05, 4.69) is 5.32 Å². The van der Waals surface area contributed by atoms with Gasteiger partial charge in [0.05, 0.1) is 44.6 Å². The van der Waals surface area contributed by atoms with Gasteiger partial charge >= 0.3 is 5.97 Å². The zero-order valence-corrected chi connectivity index (χ0v) is 22.4. The number of nitrogens with one attached hydrogen (secondary N) is 1. The van der Waals surface area contributed by atoms with E-state index < -0.39 is 12.0 Å². The fourth-order valence-electron chi connectivity index (χ4n) is 4.37. The minimum Gasteiger partial charge on any atom is -0.497 e. The van der Waals surface area contributed by atoms with Crippen molar-refractivity contribution in [3.8, 4) is 11.5 Å². The molecule has 2 aliphatic heterocycles. The molecule has 0 spiro atoms. The minimum atomic E-state index is -0.667. The lowest BCUT2D eigenvalue weighted by atomic mass is 9.90. The van der Waals surface area contributed by atoms with Crippen LogP contribution in [0.2, 0.25) is 0 Å². The molecule has 0 aromatic heterocycles. The van der Waals surface area contributed by atoms with Crippen molar-refractivity contribution in [3.05, 3.63) is 76.3 Å². The van der Waals surface area contributed by atoms with Gasteiger partial charge in [-0.1, -0.05) is 42.1 Å². The Balaban J connectivity index is 1.95. The molecule has 9 heteroatoms. The number of benzene rings is 2. The summed E-state index contributed by atoms with van der Waals surface area (Å²) in [6, 6.07) is 14.3. The van der Waals surface area contributed by atoms with Crippen molar-refractivity contribution in [2.24, 2.45) is 4.99 Å². The third-order valence-electron chi connectivity index (χ3n) is 5.88. The first-order valence-electron chi connectivity index (χ1n) is 12.1. The molecule has 0 saturated heterocycles. The second-order valence-electron chi connectivity index (χ2n) is 8.75. The first kappa shape index (κ1) is 26.3. The average molecular weight is 522 g/mol. The summed E-state index contributed by atoms with van der Waals surface area (Å²) in [4.78, 5) is 33.3. The summed E-state index contributed by atoms with van der Waals surface area (Å²) >= 11 is 1.42. The molecule has 2 aromatic carbocycles. The lowest BCUT2D eigenvalue weighted by molar-refractivity contribution is -0.139. The van der Waals surface area contributed by atoms with E-state index in [0.29, 0.717) is 33.5 Å². The summed E-state index contributed by atoms with van der Waals surface area (Å²) in [6.07, 6.45) is 0.129. The Kier molecular flexibility index (Phi) is 8.23. The van der Waals surface area contributed by atoms with Crippen LogP contribution in [-0.2, 0) is 14.3 Å². The lowest BCUT2D eigenvalue weighted by Gasteiger charge is -2.37. The third kappa shape index (κ3) is 5.51. The van der Waals surface area contributed by atoms with Crippen LogP contribution in [0.4, 0.5) is 0 Å². The van der Waals surface area contributed by atoms with Crippen LogP contribution < -0.4 is 14.8 Å². The van der Waals surface area contributed by atoms with Crippen LogP contribution in [0.25, 0.3) is 5.70 Å². The number of methoxy groups -OCH3 is 2. The van der Waals surface area contributed by atoms with Gasteiger partial charge in [-0.3, -0.25) is 4.79 Å². The predicted octanol–water partition coefficient (Wildman–Crippen LogP) is 4.89. The van der Waals surface area contributed by atoms with Crippen molar-refractivity contribution < 1.29 is 23.8 Å². The summed E-state index contributed by atoms with van der Waals surface area (Å²) < 4.78 is 16.8. The van der Waals surface area contributed by atoms with E-state index >= 15 is 0 Å². The van der Waals surface area contributed by atoms with Gasteiger partial charge in [-0.05, 0) is 44.4 Å². The van der Waals surface area contributed by atoms with Crippen LogP contribution in [0.15, 0.2) is 70.2 Å². The molecule has 1 atom stereocenters. The highest BCUT2D eigenvalue weighted by atomic mass is 32.2. The smallest absolute Gasteiger partial charge is 0.338 e. The number of esters is 1. The number of amides is 1. The second-order valence-corrected chi connectivity index (χ2v) is 9.59. The zero-order valence-electron chi connectivity index (χ0n) is 21.6. The van der Waals surface area contributed by atoms with Crippen molar-refractivity contribution in [1.29, 1.82) is 0 Å². The molecule has 1 N–H and O–H groups in total. The monoisotopic (exact) mass is 521 g/mol. The molecule has 2 aromatic rings. The molecule has 0 saturated carbocycles. The SMILES string of the molecule is CCOC(=O)C1=C(c2ccccc2)N=C2SC=C(CC(=O)NC(C)C)N2[C@@H]1c1cc(OC)ccc1OC. The van der Waals surface area contributed by atoms with E-state index in [0.717, 1.165) is 11.3 Å². The molecule has 1 amide bonds. The third-order valence-corrected chi connectivity index (χ3v) is 6.76. The van der Waals surface area contributed by atoms with Crippen LogP contribution in [0.3, 0.4) is 0 Å². The first-order chi connectivity index (χ1) is 17.9. The highest BCUT2D eigenvalue weighted by Gasteiger charge is 2.43. The van der Waals surface area contributed by atoms with Crippen LogP contribution in [-0.4, -0.2) is 48.8 Å². The Morgan fingerprint density at radius 1 is 1.11 bits per heavy atom. The lowest BCUT2D eigenvalue weighted by Crippen LogP contribution is -2.39. The van der Waals surface area contributed by atoms with E-state index in [1.54, 1.807) is 27.2 Å². The molecular weight excluding hydrogens is 490 g/mol. The molecule has 0 aliphatic carbocycles. The van der Waals surface area contributed by atoms with E-state index in [-0.39, 0.29) is 25.0 Å². The zero-order chi connectivity index (χ0) is 26.5. The maximum absolute atomic E-state index is 13.6. The summed E-state index contributed by atoms with van der Waals surface area (Å²) in [5.74, 6) is 0.584. The first-order valence-corrected chi connectivity index (χ1v) is 13.0. The van der Waals surface area contributed by atoms with Crippen molar-refractivity contribution >= 4 is 34.5 Å². The van der Waals surface area contributed by atoms with Gasteiger partial charge in [0.1, 0.15) is 11.5 Å². The van der Waals surface area contributed by atoms with Crippen LogP contribution in [0, 0.1) is 0 Å². The number of carbonyl (C=O) groups is 2. The predicted molar refractivity (Wildman–Crippen MR) is 145 cm³/mol. The molecule has 0 fully saturated rings. The van der Waals surface area contributed by atoms with Gasteiger partial charge in [0, 0.05) is 22.9 Å². The quantitative estimate of drug-likeness (QED) is 0.470. The van der Waals surface area contributed by atoms with Crippen LogP contribution in [0.5, 0.6) is 11.5 Å². The number of hydrogen-bond acceptors (Lipinski definition) is 8. The summed E-state index contributed by atoms with van der Waals surface area (Å²) in [5, 5.41) is 5.52. The average Bonchev–Trinajstić information content (AvgIpc) is 3.29. The molecule has 2 heterocycles. The maximum Gasteiger partial charge on any atom is 0.338 e. The maximum atomic E-state index is 13.6.